The first kappa shape index (κ1) is 27.5. The van der Waals surface area contributed by atoms with E-state index in [0.717, 1.165) is 43.7 Å². The number of carbonyl (C=O) groups is 2. The summed E-state index contributed by atoms with van der Waals surface area (Å²) in [5, 5.41) is 14.1. The molecule has 3 heterocycles. The number of carboxylic acids is 1. The van der Waals surface area contributed by atoms with Crippen molar-refractivity contribution in [1.29, 1.82) is 0 Å². The highest BCUT2D eigenvalue weighted by Crippen LogP contribution is 2.31. The van der Waals surface area contributed by atoms with Gasteiger partial charge in [-0.3, -0.25) is 28.5 Å². The van der Waals surface area contributed by atoms with Crippen LogP contribution >= 0.6 is 0 Å². The SMILES string of the molecule is CCCc1nn(C)c2c(=O)n(CC(=O)O)c(-c3cc(C(=O)CN4CCN(CC)CC4)ccc3OCC)nc12. The van der Waals surface area contributed by atoms with Crippen molar-refractivity contribution in [1.82, 2.24) is 29.1 Å². The van der Waals surface area contributed by atoms with E-state index in [-0.39, 0.29) is 23.7 Å². The molecular weight excluding hydrogens is 488 g/mol. The van der Waals surface area contributed by atoms with Gasteiger partial charge in [-0.05, 0) is 38.1 Å². The Morgan fingerprint density at radius 3 is 2.39 bits per heavy atom. The molecule has 2 aromatic heterocycles. The first-order valence-electron chi connectivity index (χ1n) is 13.2. The van der Waals surface area contributed by atoms with Gasteiger partial charge < -0.3 is 14.7 Å². The van der Waals surface area contributed by atoms with Gasteiger partial charge in [-0.1, -0.05) is 20.3 Å². The molecule has 1 saturated heterocycles. The fraction of sp³-hybridized carbons (Fsp3) is 0.519. The van der Waals surface area contributed by atoms with Gasteiger partial charge in [0, 0.05) is 38.8 Å². The summed E-state index contributed by atoms with van der Waals surface area (Å²) in [4.78, 5) is 47.9. The molecule has 0 amide bonds. The van der Waals surface area contributed by atoms with E-state index in [1.807, 2.05) is 13.8 Å². The third-order valence-corrected chi connectivity index (χ3v) is 6.91. The second-order valence-corrected chi connectivity index (χ2v) is 9.52. The Hall–Kier alpha value is -3.57. The topological polar surface area (TPSA) is 123 Å². The quantitative estimate of drug-likeness (QED) is 0.376. The molecule has 0 radical (unpaired) electrons. The third-order valence-electron chi connectivity index (χ3n) is 6.91. The summed E-state index contributed by atoms with van der Waals surface area (Å²) in [6.07, 6.45) is 1.43. The molecule has 0 saturated carbocycles. The van der Waals surface area contributed by atoms with E-state index < -0.39 is 18.1 Å². The van der Waals surface area contributed by atoms with Crippen molar-refractivity contribution >= 4 is 22.8 Å². The van der Waals surface area contributed by atoms with Crippen LogP contribution in [0, 0.1) is 0 Å². The van der Waals surface area contributed by atoms with Gasteiger partial charge in [0.05, 0.1) is 24.4 Å². The highest BCUT2D eigenvalue weighted by Gasteiger charge is 2.24. The second-order valence-electron chi connectivity index (χ2n) is 9.52. The van der Waals surface area contributed by atoms with E-state index in [4.69, 9.17) is 9.72 Å². The fourth-order valence-electron chi connectivity index (χ4n) is 4.93. The smallest absolute Gasteiger partial charge is 0.323 e. The minimum Gasteiger partial charge on any atom is -0.493 e. The van der Waals surface area contributed by atoms with Gasteiger partial charge in [0.1, 0.15) is 23.6 Å². The number of benzene rings is 1. The highest BCUT2D eigenvalue weighted by atomic mass is 16.5. The van der Waals surface area contributed by atoms with E-state index >= 15 is 0 Å². The molecule has 11 nitrogen and oxygen atoms in total. The van der Waals surface area contributed by atoms with Gasteiger partial charge in [0.25, 0.3) is 5.56 Å². The van der Waals surface area contributed by atoms with E-state index in [0.29, 0.717) is 41.1 Å². The Balaban J connectivity index is 1.82. The molecule has 38 heavy (non-hydrogen) atoms. The molecule has 204 valence electrons. The zero-order valence-corrected chi connectivity index (χ0v) is 22.6. The molecule has 1 aliphatic rings. The number of aliphatic carboxylic acids is 1. The van der Waals surface area contributed by atoms with E-state index in [2.05, 4.69) is 21.8 Å². The van der Waals surface area contributed by atoms with Crippen LogP contribution in [0.1, 0.15) is 43.2 Å². The Kier molecular flexibility index (Phi) is 8.58. The van der Waals surface area contributed by atoms with Crippen molar-refractivity contribution in [2.75, 3.05) is 45.9 Å². The summed E-state index contributed by atoms with van der Waals surface area (Å²) in [7, 11) is 1.65. The van der Waals surface area contributed by atoms with Gasteiger partial charge in [-0.15, -0.1) is 0 Å². The number of likely N-dealkylation sites (N-methyl/N-ethyl adjacent to an activating group) is 1. The van der Waals surface area contributed by atoms with Crippen molar-refractivity contribution in [2.24, 2.45) is 7.05 Å². The number of ether oxygens (including phenoxy) is 1. The van der Waals surface area contributed by atoms with Crippen molar-refractivity contribution in [3.63, 3.8) is 0 Å². The largest absolute Gasteiger partial charge is 0.493 e. The van der Waals surface area contributed by atoms with Crippen molar-refractivity contribution < 1.29 is 19.4 Å². The van der Waals surface area contributed by atoms with Crippen LogP contribution in [0.25, 0.3) is 22.4 Å². The number of ketones is 1. The number of rotatable bonds is 11. The molecule has 1 aliphatic heterocycles. The lowest BCUT2D eigenvalue weighted by Gasteiger charge is -2.33. The number of aromatic nitrogens is 4. The van der Waals surface area contributed by atoms with Gasteiger partial charge in [-0.2, -0.15) is 5.10 Å². The third kappa shape index (κ3) is 5.63. The van der Waals surface area contributed by atoms with Crippen LogP contribution in [0.4, 0.5) is 0 Å². The maximum absolute atomic E-state index is 13.6. The molecule has 11 heteroatoms. The number of Topliss-reactive ketones (excluding diaryl/α,β-unsaturated/α-hetero) is 1. The summed E-state index contributed by atoms with van der Waals surface area (Å²) in [5.74, 6) is -0.667. The molecule has 0 atom stereocenters. The molecule has 0 spiro atoms. The zero-order valence-electron chi connectivity index (χ0n) is 22.6. The summed E-state index contributed by atoms with van der Waals surface area (Å²) in [6.45, 7) is 10.5. The lowest BCUT2D eigenvalue weighted by Crippen LogP contribution is -2.47. The van der Waals surface area contributed by atoms with Crippen LogP contribution in [0.3, 0.4) is 0 Å². The Labute approximate surface area is 221 Å². The van der Waals surface area contributed by atoms with Crippen LogP contribution < -0.4 is 10.3 Å². The Morgan fingerprint density at radius 1 is 1.05 bits per heavy atom. The summed E-state index contributed by atoms with van der Waals surface area (Å²) in [6, 6.07) is 5.07. The molecule has 0 aliphatic carbocycles. The predicted molar refractivity (Wildman–Crippen MR) is 144 cm³/mol. The Morgan fingerprint density at radius 2 is 1.76 bits per heavy atom. The standard InChI is InChI=1S/C27H36N6O5/c1-5-8-20-24-25(30(4)29-20)27(37)33(17-23(35)36)26(28-24)19-15-18(9-10-22(19)38-7-3)21(34)16-32-13-11-31(6-2)12-14-32/h9-10,15H,5-8,11-14,16-17H2,1-4H3,(H,35,36). The van der Waals surface area contributed by atoms with Crippen molar-refractivity contribution in [3.05, 3.63) is 39.8 Å². The number of carbonyl (C=O) groups excluding carboxylic acids is 1. The van der Waals surface area contributed by atoms with Crippen LogP contribution in [-0.4, -0.2) is 91.9 Å². The van der Waals surface area contributed by atoms with E-state index in [9.17, 15) is 19.5 Å². The predicted octanol–water partition coefficient (Wildman–Crippen LogP) is 2.05. The molecule has 0 unspecified atom stereocenters. The van der Waals surface area contributed by atoms with Gasteiger partial charge >= 0.3 is 5.97 Å². The summed E-state index contributed by atoms with van der Waals surface area (Å²) < 4.78 is 8.43. The number of hydrogen-bond acceptors (Lipinski definition) is 8. The Bertz CT molecular complexity index is 1390. The van der Waals surface area contributed by atoms with Crippen LogP contribution in [0.15, 0.2) is 23.0 Å². The van der Waals surface area contributed by atoms with Crippen LogP contribution in [0.2, 0.25) is 0 Å². The number of aryl methyl sites for hydroxylation is 2. The van der Waals surface area contributed by atoms with Crippen molar-refractivity contribution in [2.45, 2.75) is 40.2 Å². The molecule has 3 aromatic rings. The van der Waals surface area contributed by atoms with Crippen molar-refractivity contribution in [3.8, 4) is 17.1 Å². The fourth-order valence-corrected chi connectivity index (χ4v) is 4.93. The highest BCUT2D eigenvalue weighted by molar-refractivity contribution is 5.99. The molecule has 1 N–H and O–H groups in total. The van der Waals surface area contributed by atoms with E-state index in [1.165, 1.54) is 4.68 Å². The zero-order chi connectivity index (χ0) is 27.4. The number of carboxylic acid groups (broad SMARTS) is 1. The first-order chi connectivity index (χ1) is 18.3. The lowest BCUT2D eigenvalue weighted by molar-refractivity contribution is -0.137. The number of piperazine rings is 1. The van der Waals surface area contributed by atoms with E-state index in [1.54, 1.807) is 25.2 Å². The first-order valence-corrected chi connectivity index (χ1v) is 13.2. The molecular formula is C27H36N6O5. The normalized spacial score (nSPS) is 14.7. The average molecular weight is 525 g/mol. The summed E-state index contributed by atoms with van der Waals surface area (Å²) >= 11 is 0. The lowest BCUT2D eigenvalue weighted by atomic mass is 10.0. The van der Waals surface area contributed by atoms with Gasteiger partial charge in [0.2, 0.25) is 0 Å². The average Bonchev–Trinajstić information content (AvgIpc) is 3.21. The van der Waals surface area contributed by atoms with Gasteiger partial charge in [-0.25, -0.2) is 4.98 Å². The minimum absolute atomic E-state index is 0.0551. The maximum Gasteiger partial charge on any atom is 0.323 e. The number of hydrogen-bond donors (Lipinski definition) is 1. The monoisotopic (exact) mass is 524 g/mol. The van der Waals surface area contributed by atoms with Crippen LogP contribution in [0.5, 0.6) is 5.75 Å². The summed E-state index contributed by atoms with van der Waals surface area (Å²) in [5.41, 5.74) is 1.71. The molecule has 1 fully saturated rings. The molecule has 4 rings (SSSR count). The molecule has 1 aromatic carbocycles. The maximum atomic E-state index is 13.6. The molecule has 0 bridgehead atoms. The van der Waals surface area contributed by atoms with Gasteiger partial charge in [0.15, 0.2) is 11.3 Å². The second kappa shape index (κ2) is 11.9. The number of fused-ring (bicyclic) bond motifs is 1. The number of nitrogens with zero attached hydrogens (tertiary/aromatic N) is 6. The minimum atomic E-state index is -1.18. The van der Waals surface area contributed by atoms with Crippen LogP contribution in [-0.2, 0) is 24.8 Å².